The van der Waals surface area contributed by atoms with Gasteiger partial charge >= 0.3 is 0 Å². The highest BCUT2D eigenvalue weighted by Gasteiger charge is 2.27. The van der Waals surface area contributed by atoms with Crippen molar-refractivity contribution in [2.24, 2.45) is 0 Å². The summed E-state index contributed by atoms with van der Waals surface area (Å²) in [5.41, 5.74) is 5.37. The van der Waals surface area contributed by atoms with Gasteiger partial charge in [0.05, 0.1) is 6.20 Å². The average molecular weight is 167 g/mol. The molecule has 1 atom stereocenters. The lowest BCUT2D eigenvalue weighted by Gasteiger charge is -2.03. The number of nitrogen functional groups attached to an aromatic ring is 1. The van der Waals surface area contributed by atoms with Gasteiger partial charge in [-0.1, -0.05) is 0 Å². The van der Waals surface area contributed by atoms with E-state index in [-0.39, 0.29) is 11.9 Å². The molecule has 1 saturated heterocycles. The van der Waals surface area contributed by atoms with Crippen LogP contribution >= 0.6 is 0 Å². The molecule has 3 N–H and O–H groups in total. The molecule has 1 fully saturated rings. The van der Waals surface area contributed by atoms with Crippen LogP contribution in [-0.2, 0) is 4.79 Å². The molecule has 0 aromatic carbocycles. The molecule has 2 rings (SSSR count). The van der Waals surface area contributed by atoms with Crippen molar-refractivity contribution in [3.63, 3.8) is 0 Å². The number of hydrogen-bond donors (Lipinski definition) is 2. The van der Waals surface area contributed by atoms with E-state index in [0.717, 1.165) is 6.42 Å². The highest BCUT2D eigenvalue weighted by molar-refractivity contribution is 5.81. The number of hydrogen-bond acceptors (Lipinski definition) is 4. The third-order valence-electron chi connectivity index (χ3n) is 1.82. The molecule has 0 radical (unpaired) electrons. The maximum absolute atomic E-state index is 11.1. The molecule has 1 aromatic rings. The van der Waals surface area contributed by atoms with Gasteiger partial charge in [-0.25, -0.2) is 0 Å². The summed E-state index contributed by atoms with van der Waals surface area (Å²) in [5, 5.41) is 10.4. The van der Waals surface area contributed by atoms with Crippen LogP contribution in [0.2, 0.25) is 0 Å². The first-order valence-electron chi connectivity index (χ1n) is 3.72. The number of nitrogens with zero attached hydrogens (tertiary/aromatic N) is 3. The third kappa shape index (κ3) is 1.01. The van der Waals surface area contributed by atoms with Crippen LogP contribution < -0.4 is 11.1 Å². The van der Waals surface area contributed by atoms with Gasteiger partial charge in [-0.05, 0) is 6.42 Å². The van der Waals surface area contributed by atoms with Gasteiger partial charge in [-0.2, -0.15) is 9.90 Å². The summed E-state index contributed by atoms with van der Waals surface area (Å²) < 4.78 is 0. The topological polar surface area (TPSA) is 85.8 Å². The van der Waals surface area contributed by atoms with Gasteiger partial charge in [0.15, 0.2) is 11.9 Å². The summed E-state index contributed by atoms with van der Waals surface area (Å²) in [6.07, 6.45) is 2.17. The Morgan fingerprint density at radius 1 is 1.75 bits per heavy atom. The molecule has 6 nitrogen and oxygen atoms in total. The van der Waals surface area contributed by atoms with Crippen molar-refractivity contribution in [3.05, 3.63) is 6.20 Å². The first-order valence-corrected chi connectivity index (χ1v) is 3.72. The summed E-state index contributed by atoms with van der Waals surface area (Å²) >= 11 is 0. The summed E-state index contributed by atoms with van der Waals surface area (Å²) in [4.78, 5) is 12.5. The number of carbonyl (C=O) groups excluding carboxylic acids is 1. The Bertz CT molecular complexity index is 307. The van der Waals surface area contributed by atoms with Crippen molar-refractivity contribution in [2.75, 3.05) is 12.3 Å². The minimum absolute atomic E-state index is 0.0365. The molecule has 0 aliphatic carbocycles. The fourth-order valence-corrected chi connectivity index (χ4v) is 1.24. The maximum Gasteiger partial charge on any atom is 0.246 e. The fraction of sp³-hybridized carbons (Fsp3) is 0.500. The zero-order chi connectivity index (χ0) is 8.55. The van der Waals surface area contributed by atoms with E-state index in [2.05, 4.69) is 15.5 Å². The van der Waals surface area contributed by atoms with Gasteiger partial charge < -0.3 is 11.1 Å². The SMILES string of the molecule is Nc1cnn(C2CCNC2=O)n1. The van der Waals surface area contributed by atoms with Crippen LogP contribution in [0.25, 0.3) is 0 Å². The normalized spacial score (nSPS) is 22.7. The molecule has 0 spiro atoms. The molecule has 2 heterocycles. The first kappa shape index (κ1) is 7.08. The Labute approximate surface area is 68.7 Å². The van der Waals surface area contributed by atoms with Crippen molar-refractivity contribution >= 4 is 11.7 Å². The zero-order valence-corrected chi connectivity index (χ0v) is 6.40. The lowest BCUT2D eigenvalue weighted by molar-refractivity contribution is -0.122. The molecule has 0 bridgehead atoms. The zero-order valence-electron chi connectivity index (χ0n) is 6.40. The lowest BCUT2D eigenvalue weighted by Crippen LogP contribution is -2.23. The average Bonchev–Trinajstić information content (AvgIpc) is 2.58. The minimum atomic E-state index is -0.276. The summed E-state index contributed by atoms with van der Waals surface area (Å²) in [6, 6.07) is -0.276. The smallest absolute Gasteiger partial charge is 0.246 e. The predicted molar refractivity (Wildman–Crippen MR) is 41.1 cm³/mol. The minimum Gasteiger partial charge on any atom is -0.381 e. The van der Waals surface area contributed by atoms with E-state index in [1.165, 1.54) is 11.0 Å². The number of rotatable bonds is 1. The van der Waals surface area contributed by atoms with Crippen molar-refractivity contribution in [1.29, 1.82) is 0 Å². The standard InChI is InChI=1S/C6H9N5O/c7-5-3-9-11(10-5)4-1-2-8-6(4)12/h3-4H,1-2H2,(H2,7,10)(H,8,12). The molecule has 0 saturated carbocycles. The van der Waals surface area contributed by atoms with Crippen molar-refractivity contribution < 1.29 is 4.79 Å². The second-order valence-corrected chi connectivity index (χ2v) is 2.69. The molecule has 64 valence electrons. The van der Waals surface area contributed by atoms with E-state index in [1.54, 1.807) is 0 Å². The first-order chi connectivity index (χ1) is 5.77. The van der Waals surface area contributed by atoms with Gasteiger partial charge in [0.25, 0.3) is 0 Å². The molecule has 1 amide bonds. The van der Waals surface area contributed by atoms with E-state index in [0.29, 0.717) is 12.4 Å². The van der Waals surface area contributed by atoms with Crippen molar-refractivity contribution in [1.82, 2.24) is 20.3 Å². The van der Waals surface area contributed by atoms with Crippen molar-refractivity contribution in [3.8, 4) is 0 Å². The highest BCUT2D eigenvalue weighted by Crippen LogP contribution is 2.13. The third-order valence-corrected chi connectivity index (χ3v) is 1.82. The van der Waals surface area contributed by atoms with E-state index in [9.17, 15) is 4.79 Å². The van der Waals surface area contributed by atoms with Gasteiger partial charge in [0, 0.05) is 6.54 Å². The van der Waals surface area contributed by atoms with E-state index >= 15 is 0 Å². The van der Waals surface area contributed by atoms with Crippen LogP contribution in [0.5, 0.6) is 0 Å². The molecular weight excluding hydrogens is 158 g/mol. The van der Waals surface area contributed by atoms with Crippen LogP contribution in [0.4, 0.5) is 5.82 Å². The quantitative estimate of drug-likeness (QED) is 0.557. The van der Waals surface area contributed by atoms with Crippen LogP contribution in [0.1, 0.15) is 12.5 Å². The second-order valence-electron chi connectivity index (χ2n) is 2.69. The van der Waals surface area contributed by atoms with Crippen molar-refractivity contribution in [2.45, 2.75) is 12.5 Å². The molecule has 6 heteroatoms. The summed E-state index contributed by atoms with van der Waals surface area (Å²) in [7, 11) is 0. The number of nitrogens with two attached hydrogens (primary N) is 1. The largest absolute Gasteiger partial charge is 0.381 e. The number of anilines is 1. The highest BCUT2D eigenvalue weighted by atomic mass is 16.2. The van der Waals surface area contributed by atoms with Crippen LogP contribution in [-0.4, -0.2) is 27.4 Å². The van der Waals surface area contributed by atoms with Gasteiger partial charge in [0.2, 0.25) is 5.91 Å². The number of aromatic nitrogens is 3. The van der Waals surface area contributed by atoms with E-state index in [4.69, 9.17) is 5.73 Å². The van der Waals surface area contributed by atoms with Gasteiger partial charge in [-0.15, -0.1) is 5.10 Å². The monoisotopic (exact) mass is 167 g/mol. The molecule has 1 aromatic heterocycles. The van der Waals surface area contributed by atoms with Crippen LogP contribution in [0.15, 0.2) is 6.20 Å². The lowest BCUT2D eigenvalue weighted by atomic mass is 10.3. The Morgan fingerprint density at radius 2 is 2.58 bits per heavy atom. The summed E-state index contributed by atoms with van der Waals surface area (Å²) in [5.74, 6) is 0.306. The molecular formula is C6H9N5O. The predicted octanol–water partition coefficient (Wildman–Crippen LogP) is -1.08. The number of nitrogens with one attached hydrogen (secondary N) is 1. The Morgan fingerprint density at radius 3 is 3.08 bits per heavy atom. The molecule has 12 heavy (non-hydrogen) atoms. The Hall–Kier alpha value is -1.59. The number of amides is 1. The Balaban J connectivity index is 2.24. The summed E-state index contributed by atoms with van der Waals surface area (Å²) in [6.45, 7) is 0.685. The van der Waals surface area contributed by atoms with E-state index < -0.39 is 0 Å². The van der Waals surface area contributed by atoms with Gasteiger partial charge in [-0.3, -0.25) is 4.79 Å². The second kappa shape index (κ2) is 2.47. The fourth-order valence-electron chi connectivity index (χ4n) is 1.24. The van der Waals surface area contributed by atoms with Crippen LogP contribution in [0.3, 0.4) is 0 Å². The number of carbonyl (C=O) groups is 1. The van der Waals surface area contributed by atoms with Crippen LogP contribution in [0, 0.1) is 0 Å². The molecule has 1 aliphatic rings. The molecule has 1 aliphatic heterocycles. The van der Waals surface area contributed by atoms with E-state index in [1.807, 2.05) is 0 Å². The Kier molecular flexibility index (Phi) is 1.46. The van der Waals surface area contributed by atoms with Gasteiger partial charge in [0.1, 0.15) is 0 Å². The maximum atomic E-state index is 11.1. The molecule has 1 unspecified atom stereocenters.